The summed E-state index contributed by atoms with van der Waals surface area (Å²) in [6.07, 6.45) is 14.6. The molecule has 1 aromatic heterocycles. The predicted octanol–water partition coefficient (Wildman–Crippen LogP) is 3.51. The number of aryl methyl sites for hydroxylation is 1. The van der Waals surface area contributed by atoms with Crippen molar-refractivity contribution in [2.75, 3.05) is 43.5 Å². The van der Waals surface area contributed by atoms with Crippen LogP contribution in [0.5, 0.6) is 0 Å². The number of rotatable bonds is 14. The third kappa shape index (κ3) is 16.5. The van der Waals surface area contributed by atoms with Crippen LogP contribution >= 0.6 is 11.6 Å². The van der Waals surface area contributed by atoms with E-state index >= 15 is 0 Å². The number of nitrogens with one attached hydrogen (secondary N) is 4. The molecule has 1 amide bonds. The van der Waals surface area contributed by atoms with Gasteiger partial charge in [-0.25, -0.2) is 0 Å². The molecule has 0 aliphatic carbocycles. The second kappa shape index (κ2) is 22.8. The quantitative estimate of drug-likeness (QED) is 0.0808. The molecule has 2 aromatic carbocycles. The van der Waals surface area contributed by atoms with E-state index in [1.807, 2.05) is 31.3 Å². The fraction of sp³-hybridized carbons (Fsp3) is 0.333. The van der Waals surface area contributed by atoms with Crippen LogP contribution in [-0.2, 0) is 18.4 Å². The fourth-order valence-corrected chi connectivity index (χ4v) is 4.62. The zero-order valence-electron chi connectivity index (χ0n) is 26.3. The minimum atomic E-state index is -0.136. The number of piperidine rings is 1. The number of amides is 1. The van der Waals surface area contributed by atoms with Gasteiger partial charge in [0.25, 0.3) is 0 Å². The molecule has 2 heterocycles. The molecule has 12 heteroatoms. The molecule has 3 aromatic rings. The van der Waals surface area contributed by atoms with Gasteiger partial charge in [0.05, 0.1) is 12.4 Å². The van der Waals surface area contributed by atoms with Crippen molar-refractivity contribution in [3.63, 3.8) is 0 Å². The first-order chi connectivity index (χ1) is 21.4. The van der Waals surface area contributed by atoms with E-state index < -0.39 is 0 Å². The summed E-state index contributed by atoms with van der Waals surface area (Å²) in [6, 6.07) is 17.1. The van der Waals surface area contributed by atoms with Crippen LogP contribution in [0.15, 0.2) is 94.7 Å². The van der Waals surface area contributed by atoms with Gasteiger partial charge in [0, 0.05) is 38.1 Å². The topological polar surface area (TPSA) is 123 Å². The van der Waals surface area contributed by atoms with Gasteiger partial charge in [-0.05, 0) is 57.2 Å². The number of carbonyl (C=O) groups excluding carboxylic acids is 1. The fourth-order valence-electron chi connectivity index (χ4n) is 4.39. The second-order valence-electron chi connectivity index (χ2n) is 10.2. The van der Waals surface area contributed by atoms with Crippen molar-refractivity contribution in [1.82, 2.24) is 20.0 Å². The number of carbonyl (C=O) groups is 1. The Morgan fingerprint density at radius 1 is 1.16 bits per heavy atom. The summed E-state index contributed by atoms with van der Waals surface area (Å²) in [6.45, 7) is 8.59. The summed E-state index contributed by atoms with van der Waals surface area (Å²) in [5, 5.41) is 13.7. The molecule has 0 saturated carbocycles. The number of likely N-dealkylation sites (tertiary alicyclic amines) is 1. The van der Waals surface area contributed by atoms with E-state index in [2.05, 4.69) is 61.0 Å². The first kappa shape index (κ1) is 38.6. The monoisotopic (exact) mass is 654 g/mol. The number of nitrogens with zero attached hydrogens (tertiary/aromatic N) is 5. The summed E-state index contributed by atoms with van der Waals surface area (Å²) in [5.74, 6) is -0.136. The summed E-state index contributed by atoms with van der Waals surface area (Å²) in [7, 11) is 1.81. The molecule has 234 valence electrons. The van der Waals surface area contributed by atoms with Crippen molar-refractivity contribution >= 4 is 47.5 Å². The Balaban J connectivity index is 0.000000317. The van der Waals surface area contributed by atoms with E-state index in [9.17, 15) is 4.79 Å². The Morgan fingerprint density at radius 2 is 1.93 bits per heavy atom. The number of benzene rings is 2. The van der Waals surface area contributed by atoms with Gasteiger partial charge in [0.1, 0.15) is 0 Å². The molecular weight excluding hydrogens is 613 g/mol. The van der Waals surface area contributed by atoms with E-state index in [4.69, 9.17) is 17.3 Å². The summed E-state index contributed by atoms with van der Waals surface area (Å²) < 4.78 is 1.64. The minimum absolute atomic E-state index is 0. The molecule has 1 aliphatic rings. The first-order valence-corrected chi connectivity index (χ1v) is 15.1. The van der Waals surface area contributed by atoms with Gasteiger partial charge in [0.15, 0.2) is 5.15 Å². The zero-order chi connectivity index (χ0) is 31.4. The van der Waals surface area contributed by atoms with Gasteiger partial charge in [-0.3, -0.25) is 14.4 Å². The Hall–Kier alpha value is -2.61. The maximum Gasteiger partial charge on any atom is 1.00 e. The molecule has 1 saturated heterocycles. The average Bonchev–Trinajstić information content (AvgIpc) is 3.35. The number of halogens is 1. The van der Waals surface area contributed by atoms with Crippen molar-refractivity contribution in [3.8, 4) is 0 Å². The van der Waals surface area contributed by atoms with Crippen LogP contribution in [0.1, 0.15) is 31.2 Å². The Bertz CT molecular complexity index is 1390. The SMILES string of the molecule is C=N/C=C(\[C-]=NCNc1cn(C)nc1Cl)CCNCc1ccccc1.[K+].[NH-]c1cccc(NC(=O)/C=C/CN2CCCCC2)c1. The van der Waals surface area contributed by atoms with Crippen molar-refractivity contribution in [1.29, 1.82) is 0 Å². The third-order valence-corrected chi connectivity index (χ3v) is 6.84. The molecule has 10 nitrogen and oxygen atoms in total. The zero-order valence-corrected chi connectivity index (χ0v) is 30.2. The maximum absolute atomic E-state index is 11.7. The summed E-state index contributed by atoms with van der Waals surface area (Å²) >= 11 is 5.97. The maximum atomic E-state index is 11.7. The molecule has 4 rings (SSSR count). The standard InChI is InChI=1S/C18H22ClN6.C15H20N3O.K/c1-20-10-16(8-9-21-11-15-6-4-3-5-7-15)12-22-14-23-17-13-25(2)24-18(17)19;16-13-6-4-7-14(12-13)17-15(19)8-5-11-18-9-2-1-3-10-18;/h3-7,10,13,21,23H,1,8-9,11,14H2,2H3;4-8,12,16H,1-3,9-11H2,(H,17,19);/q2*-1;+1/b16-10-;8-5+;. The van der Waals surface area contributed by atoms with Crippen molar-refractivity contribution in [2.24, 2.45) is 17.0 Å². The molecule has 0 unspecified atom stereocenters. The number of hydrogen-bond acceptors (Lipinski definition) is 7. The van der Waals surface area contributed by atoms with Crippen LogP contribution in [0.4, 0.5) is 17.1 Å². The van der Waals surface area contributed by atoms with Crippen molar-refractivity contribution < 1.29 is 56.2 Å². The van der Waals surface area contributed by atoms with E-state index in [0.29, 0.717) is 23.2 Å². The van der Waals surface area contributed by atoms with Crippen LogP contribution in [-0.4, -0.2) is 66.4 Å². The van der Waals surface area contributed by atoms with Gasteiger partial charge >= 0.3 is 51.4 Å². The second-order valence-corrected chi connectivity index (χ2v) is 10.6. The largest absolute Gasteiger partial charge is 1.00 e. The van der Waals surface area contributed by atoms with Crippen molar-refractivity contribution in [3.05, 3.63) is 101 Å². The van der Waals surface area contributed by atoms with Gasteiger partial charge in [-0.1, -0.05) is 72.6 Å². The average molecular weight is 655 g/mol. The number of aromatic nitrogens is 2. The van der Waals surface area contributed by atoms with E-state index in [-0.39, 0.29) is 57.3 Å². The molecule has 1 fully saturated rings. The van der Waals surface area contributed by atoms with E-state index in [0.717, 1.165) is 50.4 Å². The Labute approximate surface area is 314 Å². The number of hydrogen-bond donors (Lipinski definition) is 3. The van der Waals surface area contributed by atoms with Crippen molar-refractivity contribution in [2.45, 2.75) is 32.2 Å². The molecule has 0 radical (unpaired) electrons. The first-order valence-electron chi connectivity index (χ1n) is 14.7. The van der Waals surface area contributed by atoms with Gasteiger partial charge in [-0.15, -0.1) is 18.1 Å². The number of aliphatic imine (C=N–C) groups is 2. The Kier molecular flexibility index (Phi) is 19.6. The molecule has 0 bridgehead atoms. The molecule has 1 aliphatic heterocycles. The van der Waals surface area contributed by atoms with Crippen LogP contribution in [0.3, 0.4) is 0 Å². The molecule has 4 N–H and O–H groups in total. The van der Waals surface area contributed by atoms with Crippen LogP contribution in [0.2, 0.25) is 5.15 Å². The van der Waals surface area contributed by atoms with Crippen LogP contribution in [0.25, 0.3) is 5.73 Å². The third-order valence-electron chi connectivity index (χ3n) is 6.56. The van der Waals surface area contributed by atoms with E-state index in [1.165, 1.54) is 24.8 Å². The van der Waals surface area contributed by atoms with Gasteiger partial charge in [0.2, 0.25) is 5.91 Å². The minimum Gasteiger partial charge on any atom is -0.699 e. The van der Waals surface area contributed by atoms with Crippen LogP contribution < -0.4 is 67.3 Å². The summed E-state index contributed by atoms with van der Waals surface area (Å²) in [4.78, 5) is 22.1. The number of anilines is 2. The normalized spacial score (nSPS) is 13.6. The predicted molar refractivity (Wildman–Crippen MR) is 183 cm³/mol. The Morgan fingerprint density at radius 3 is 2.62 bits per heavy atom. The van der Waals surface area contributed by atoms with Gasteiger partial charge in [-0.2, -0.15) is 10.7 Å². The van der Waals surface area contributed by atoms with Crippen LogP contribution in [0, 0.1) is 0 Å². The van der Waals surface area contributed by atoms with E-state index in [1.54, 1.807) is 47.4 Å². The molecular formula is C33H42ClKN9O-. The molecule has 0 atom stereocenters. The smallest absolute Gasteiger partial charge is 0.699 e. The molecule has 45 heavy (non-hydrogen) atoms. The van der Waals surface area contributed by atoms with Gasteiger partial charge < -0.3 is 31.7 Å². The summed E-state index contributed by atoms with van der Waals surface area (Å²) in [5.41, 5.74) is 11.4. The molecule has 0 spiro atoms.